The van der Waals surface area contributed by atoms with Crippen LogP contribution < -0.4 is 5.32 Å². The first-order valence-electron chi connectivity index (χ1n) is 7.49. The molecule has 0 aromatic heterocycles. The van der Waals surface area contributed by atoms with Gasteiger partial charge in [-0.3, -0.25) is 0 Å². The topological polar surface area (TPSA) is 69.6 Å². The van der Waals surface area contributed by atoms with E-state index in [1.807, 2.05) is 30.3 Å². The second kappa shape index (κ2) is 7.67. The van der Waals surface area contributed by atoms with Crippen LogP contribution in [-0.4, -0.2) is 41.1 Å². The minimum absolute atomic E-state index is 0.254. The third-order valence-electron chi connectivity index (χ3n) is 3.80. The van der Waals surface area contributed by atoms with Gasteiger partial charge in [0, 0.05) is 13.1 Å². The van der Waals surface area contributed by atoms with Gasteiger partial charge < -0.3 is 15.3 Å². The van der Waals surface area contributed by atoms with Gasteiger partial charge in [0.15, 0.2) is 0 Å². The lowest BCUT2D eigenvalue weighted by Gasteiger charge is -2.28. The fourth-order valence-electron chi connectivity index (χ4n) is 2.55. The molecule has 2 N–H and O–H groups in total. The summed E-state index contributed by atoms with van der Waals surface area (Å²) in [6, 6.07) is 8.62. The number of carbonyl (C=O) groups excluding carboxylic acids is 1. The van der Waals surface area contributed by atoms with Crippen LogP contribution in [0.15, 0.2) is 30.3 Å². The van der Waals surface area contributed by atoms with Crippen LogP contribution in [0.4, 0.5) is 4.79 Å². The van der Waals surface area contributed by atoms with Crippen molar-refractivity contribution in [3.63, 3.8) is 0 Å². The summed E-state index contributed by atoms with van der Waals surface area (Å²) in [5.41, 5.74) is 1.08. The van der Waals surface area contributed by atoms with Crippen molar-refractivity contribution in [2.75, 3.05) is 13.1 Å². The van der Waals surface area contributed by atoms with Gasteiger partial charge in [0.2, 0.25) is 0 Å². The number of nitrogens with one attached hydrogen (secondary N) is 1. The number of carboxylic acids is 1. The highest BCUT2D eigenvalue weighted by atomic mass is 16.4. The number of benzene rings is 1. The Labute approximate surface area is 125 Å². The lowest BCUT2D eigenvalue weighted by molar-refractivity contribution is -0.139. The monoisotopic (exact) mass is 290 g/mol. The van der Waals surface area contributed by atoms with E-state index < -0.39 is 12.0 Å². The zero-order chi connectivity index (χ0) is 15.1. The van der Waals surface area contributed by atoms with Crippen LogP contribution >= 0.6 is 0 Å². The number of piperidine rings is 1. The third kappa shape index (κ3) is 4.77. The maximum Gasteiger partial charge on any atom is 0.326 e. The van der Waals surface area contributed by atoms with Crippen molar-refractivity contribution in [2.24, 2.45) is 0 Å². The number of hydrogen-bond acceptors (Lipinski definition) is 2. The molecule has 0 bridgehead atoms. The first-order valence-corrected chi connectivity index (χ1v) is 7.49. The average molecular weight is 290 g/mol. The first kappa shape index (κ1) is 15.4. The molecule has 1 saturated heterocycles. The smallest absolute Gasteiger partial charge is 0.326 e. The van der Waals surface area contributed by atoms with E-state index in [1.165, 1.54) is 0 Å². The van der Waals surface area contributed by atoms with Gasteiger partial charge >= 0.3 is 12.0 Å². The van der Waals surface area contributed by atoms with E-state index in [0.29, 0.717) is 12.8 Å². The standard InChI is InChI=1S/C16H22N2O3/c19-15(20)14(10-9-13-7-3-1-4-8-13)17-16(21)18-11-5-2-6-12-18/h1,3-4,7-8,14H,2,5-6,9-12H2,(H,17,21)(H,19,20). The largest absolute Gasteiger partial charge is 0.480 e. The average Bonchev–Trinajstić information content (AvgIpc) is 2.52. The Morgan fingerprint density at radius 1 is 1.14 bits per heavy atom. The summed E-state index contributed by atoms with van der Waals surface area (Å²) in [4.78, 5) is 25.1. The van der Waals surface area contributed by atoms with Crippen molar-refractivity contribution in [1.29, 1.82) is 0 Å². The van der Waals surface area contributed by atoms with E-state index in [4.69, 9.17) is 0 Å². The summed E-state index contributed by atoms with van der Waals surface area (Å²) in [6.07, 6.45) is 4.17. The summed E-state index contributed by atoms with van der Waals surface area (Å²) in [5, 5.41) is 11.9. The number of likely N-dealkylation sites (tertiary alicyclic amines) is 1. The van der Waals surface area contributed by atoms with Crippen molar-refractivity contribution < 1.29 is 14.7 Å². The Kier molecular flexibility index (Phi) is 5.60. The summed E-state index contributed by atoms with van der Waals surface area (Å²) >= 11 is 0. The number of urea groups is 1. The molecule has 0 spiro atoms. The second-order valence-electron chi connectivity index (χ2n) is 5.41. The normalized spacial score (nSPS) is 16.3. The van der Waals surface area contributed by atoms with Gasteiger partial charge in [-0.05, 0) is 37.7 Å². The Balaban J connectivity index is 1.86. The molecule has 1 fully saturated rings. The maximum atomic E-state index is 12.1. The van der Waals surface area contributed by atoms with Gasteiger partial charge in [0.1, 0.15) is 6.04 Å². The molecule has 2 amide bonds. The van der Waals surface area contributed by atoms with Crippen molar-refractivity contribution in [3.8, 4) is 0 Å². The van der Waals surface area contributed by atoms with E-state index >= 15 is 0 Å². The third-order valence-corrected chi connectivity index (χ3v) is 3.80. The van der Waals surface area contributed by atoms with Gasteiger partial charge in [-0.1, -0.05) is 30.3 Å². The molecule has 0 saturated carbocycles. The van der Waals surface area contributed by atoms with Gasteiger partial charge in [-0.15, -0.1) is 0 Å². The molecule has 1 atom stereocenters. The van der Waals surface area contributed by atoms with Crippen molar-refractivity contribution >= 4 is 12.0 Å². The Morgan fingerprint density at radius 2 is 1.81 bits per heavy atom. The molecule has 1 aliphatic heterocycles. The molecule has 5 heteroatoms. The number of carboxylic acid groups (broad SMARTS) is 1. The molecule has 5 nitrogen and oxygen atoms in total. The van der Waals surface area contributed by atoms with Crippen molar-refractivity contribution in [3.05, 3.63) is 35.9 Å². The zero-order valence-electron chi connectivity index (χ0n) is 12.1. The lowest BCUT2D eigenvalue weighted by Crippen LogP contribution is -2.49. The van der Waals surface area contributed by atoms with Crippen LogP contribution in [-0.2, 0) is 11.2 Å². The first-order chi connectivity index (χ1) is 10.2. The highest BCUT2D eigenvalue weighted by Crippen LogP contribution is 2.10. The molecule has 1 heterocycles. The molecule has 1 aromatic carbocycles. The Hall–Kier alpha value is -2.04. The summed E-state index contributed by atoms with van der Waals surface area (Å²) in [7, 11) is 0. The van der Waals surface area contributed by atoms with Gasteiger partial charge in [0.25, 0.3) is 0 Å². The number of carbonyl (C=O) groups is 2. The quantitative estimate of drug-likeness (QED) is 0.874. The number of rotatable bonds is 5. The highest BCUT2D eigenvalue weighted by molar-refractivity contribution is 5.82. The molecule has 0 radical (unpaired) electrons. The lowest BCUT2D eigenvalue weighted by atomic mass is 10.1. The van der Waals surface area contributed by atoms with Crippen LogP contribution in [0.5, 0.6) is 0 Å². The summed E-state index contributed by atoms with van der Waals surface area (Å²) < 4.78 is 0. The van der Waals surface area contributed by atoms with Crippen LogP contribution in [0.25, 0.3) is 0 Å². The van der Waals surface area contributed by atoms with Crippen LogP contribution in [0.3, 0.4) is 0 Å². The molecule has 1 aliphatic rings. The Morgan fingerprint density at radius 3 is 2.43 bits per heavy atom. The van der Waals surface area contributed by atoms with Crippen molar-refractivity contribution in [2.45, 2.75) is 38.1 Å². The molecular formula is C16H22N2O3. The van der Waals surface area contributed by atoms with Gasteiger partial charge in [0.05, 0.1) is 0 Å². The predicted molar refractivity (Wildman–Crippen MR) is 80.1 cm³/mol. The molecular weight excluding hydrogens is 268 g/mol. The van der Waals surface area contributed by atoms with E-state index in [-0.39, 0.29) is 6.03 Å². The maximum absolute atomic E-state index is 12.1. The Bertz CT molecular complexity index is 470. The zero-order valence-corrected chi connectivity index (χ0v) is 12.1. The number of amides is 2. The number of aliphatic carboxylic acids is 1. The predicted octanol–water partition coefficient (Wildman–Crippen LogP) is 2.27. The number of hydrogen-bond donors (Lipinski definition) is 2. The van der Waals surface area contributed by atoms with Crippen LogP contribution in [0.2, 0.25) is 0 Å². The van der Waals surface area contributed by atoms with E-state index in [9.17, 15) is 14.7 Å². The molecule has 1 unspecified atom stereocenters. The number of aryl methyl sites for hydroxylation is 1. The van der Waals surface area contributed by atoms with Gasteiger partial charge in [-0.2, -0.15) is 0 Å². The number of nitrogens with zero attached hydrogens (tertiary/aromatic N) is 1. The highest BCUT2D eigenvalue weighted by Gasteiger charge is 2.23. The summed E-state index contributed by atoms with van der Waals surface area (Å²) in [5.74, 6) is -0.976. The van der Waals surface area contributed by atoms with Crippen molar-refractivity contribution in [1.82, 2.24) is 10.2 Å². The molecule has 0 aliphatic carbocycles. The van der Waals surface area contributed by atoms with Gasteiger partial charge in [-0.25, -0.2) is 9.59 Å². The SMILES string of the molecule is O=C(O)C(CCc1ccccc1)NC(=O)N1CCCCC1. The summed E-state index contributed by atoms with van der Waals surface area (Å²) in [6.45, 7) is 1.44. The molecule has 1 aromatic rings. The molecule has 114 valence electrons. The molecule has 2 rings (SSSR count). The van der Waals surface area contributed by atoms with E-state index in [1.54, 1.807) is 4.90 Å². The minimum atomic E-state index is -0.976. The second-order valence-corrected chi connectivity index (χ2v) is 5.41. The molecule has 21 heavy (non-hydrogen) atoms. The van der Waals surface area contributed by atoms with E-state index in [0.717, 1.165) is 37.9 Å². The van der Waals surface area contributed by atoms with Crippen LogP contribution in [0, 0.1) is 0 Å². The van der Waals surface area contributed by atoms with Crippen LogP contribution in [0.1, 0.15) is 31.2 Å². The fourth-order valence-corrected chi connectivity index (χ4v) is 2.55. The van der Waals surface area contributed by atoms with E-state index in [2.05, 4.69) is 5.32 Å². The minimum Gasteiger partial charge on any atom is -0.480 e. The fraction of sp³-hybridized carbons (Fsp3) is 0.500.